The van der Waals surface area contributed by atoms with Gasteiger partial charge in [-0.2, -0.15) is 5.10 Å². The molecule has 2 heterocycles. The number of aromatic nitrogens is 1. The van der Waals surface area contributed by atoms with Crippen LogP contribution in [0, 0.1) is 0 Å². The Balaban J connectivity index is 1.78. The standard InChI is InChI=1S/C19H15F3N6OS/c20-19(21,22)29-12-3-1-2-11(9-12)25-18-14-6-7-30-16(14)13-5-4-10(8-15(13)26-18)17(27-23)28-24/h1-9H,23-24H2,(H,25,26)(H,27,28). The van der Waals surface area contributed by atoms with Crippen LogP contribution in [0.1, 0.15) is 5.56 Å². The summed E-state index contributed by atoms with van der Waals surface area (Å²) >= 11 is 1.53. The molecule has 0 amide bonds. The quantitative estimate of drug-likeness (QED) is 0.167. The molecule has 4 aromatic rings. The number of anilines is 2. The van der Waals surface area contributed by atoms with Crippen LogP contribution in [0.3, 0.4) is 0 Å². The summed E-state index contributed by atoms with van der Waals surface area (Å²) in [5, 5.41) is 10.4. The van der Waals surface area contributed by atoms with Crippen LogP contribution >= 0.6 is 11.3 Å². The fourth-order valence-corrected chi connectivity index (χ4v) is 3.98. The van der Waals surface area contributed by atoms with Gasteiger partial charge < -0.3 is 21.3 Å². The van der Waals surface area contributed by atoms with Crippen LogP contribution in [-0.2, 0) is 0 Å². The van der Waals surface area contributed by atoms with Crippen molar-refractivity contribution in [3.8, 4) is 5.75 Å². The van der Waals surface area contributed by atoms with Gasteiger partial charge in [0.15, 0.2) is 5.84 Å². The number of nitrogens with two attached hydrogens (primary N) is 2. The minimum absolute atomic E-state index is 0.288. The molecule has 4 rings (SSSR count). The number of nitrogens with one attached hydrogen (secondary N) is 2. The van der Waals surface area contributed by atoms with Gasteiger partial charge in [-0.15, -0.1) is 24.5 Å². The second-order valence-electron chi connectivity index (χ2n) is 6.18. The molecule has 30 heavy (non-hydrogen) atoms. The number of ether oxygens (including phenoxy) is 1. The van der Waals surface area contributed by atoms with Gasteiger partial charge >= 0.3 is 6.36 Å². The van der Waals surface area contributed by atoms with E-state index < -0.39 is 6.36 Å². The van der Waals surface area contributed by atoms with Crippen LogP contribution in [0.4, 0.5) is 24.7 Å². The first-order valence-electron chi connectivity index (χ1n) is 8.56. The second-order valence-corrected chi connectivity index (χ2v) is 7.09. The molecule has 0 bridgehead atoms. The average molecular weight is 432 g/mol. The maximum atomic E-state index is 12.5. The van der Waals surface area contributed by atoms with Gasteiger partial charge in [-0.3, -0.25) is 0 Å². The van der Waals surface area contributed by atoms with Crippen LogP contribution < -0.4 is 27.2 Å². The number of hydrazine groups is 1. The molecule has 0 aliphatic carbocycles. The van der Waals surface area contributed by atoms with Gasteiger partial charge in [0.2, 0.25) is 0 Å². The predicted molar refractivity (Wildman–Crippen MR) is 112 cm³/mol. The van der Waals surface area contributed by atoms with Crippen molar-refractivity contribution in [2.75, 3.05) is 5.32 Å². The maximum absolute atomic E-state index is 12.5. The van der Waals surface area contributed by atoms with E-state index >= 15 is 0 Å². The lowest BCUT2D eigenvalue weighted by Gasteiger charge is -2.13. The fraction of sp³-hybridized carbons (Fsp3) is 0.0526. The van der Waals surface area contributed by atoms with Crippen LogP contribution in [0.25, 0.3) is 21.0 Å². The molecular weight excluding hydrogens is 417 g/mol. The molecule has 0 radical (unpaired) electrons. The highest BCUT2D eigenvalue weighted by Crippen LogP contribution is 2.35. The number of fused-ring (bicyclic) bond motifs is 3. The summed E-state index contributed by atoms with van der Waals surface area (Å²) in [4.78, 5) is 4.65. The van der Waals surface area contributed by atoms with Crippen molar-refractivity contribution in [2.24, 2.45) is 16.8 Å². The Morgan fingerprint density at radius 3 is 2.67 bits per heavy atom. The number of hydrogen-bond acceptors (Lipinski definition) is 7. The Hall–Kier alpha value is -3.57. The summed E-state index contributed by atoms with van der Waals surface area (Å²) in [5.41, 5.74) is 4.11. The van der Waals surface area contributed by atoms with Crippen molar-refractivity contribution in [1.82, 2.24) is 10.4 Å². The molecule has 6 N–H and O–H groups in total. The number of pyridine rings is 1. The Kier molecular flexibility index (Phi) is 5.06. The largest absolute Gasteiger partial charge is 0.573 e. The number of alkyl halides is 3. The van der Waals surface area contributed by atoms with E-state index in [-0.39, 0.29) is 11.6 Å². The third-order valence-electron chi connectivity index (χ3n) is 4.26. The SMILES string of the molecule is N/N=C(\NN)c1ccc2c(c1)nc(Nc1cccc(OC(F)(F)F)c1)c1ccsc12. The van der Waals surface area contributed by atoms with E-state index in [9.17, 15) is 13.2 Å². The Morgan fingerprint density at radius 2 is 1.93 bits per heavy atom. The number of hydrogen-bond donors (Lipinski definition) is 4. The minimum atomic E-state index is -4.77. The summed E-state index contributed by atoms with van der Waals surface area (Å²) in [7, 11) is 0. The molecule has 2 aromatic heterocycles. The van der Waals surface area contributed by atoms with E-state index in [2.05, 4.69) is 25.6 Å². The van der Waals surface area contributed by atoms with Crippen LogP contribution in [0.15, 0.2) is 59.0 Å². The number of thiophene rings is 1. The number of benzene rings is 2. The first-order chi connectivity index (χ1) is 14.4. The molecule has 0 aliphatic rings. The van der Waals surface area contributed by atoms with Crippen molar-refractivity contribution in [1.29, 1.82) is 0 Å². The van der Waals surface area contributed by atoms with Crippen molar-refractivity contribution >= 4 is 49.7 Å². The van der Waals surface area contributed by atoms with Crippen molar-refractivity contribution in [3.63, 3.8) is 0 Å². The predicted octanol–water partition coefficient (Wildman–Crippen LogP) is 4.18. The highest BCUT2D eigenvalue weighted by molar-refractivity contribution is 7.18. The summed E-state index contributed by atoms with van der Waals surface area (Å²) in [6, 6.07) is 12.9. The first-order valence-corrected chi connectivity index (χ1v) is 9.44. The zero-order valence-electron chi connectivity index (χ0n) is 15.2. The Morgan fingerprint density at radius 1 is 1.10 bits per heavy atom. The van der Waals surface area contributed by atoms with Crippen molar-refractivity contribution < 1.29 is 17.9 Å². The summed E-state index contributed by atoms with van der Waals surface area (Å²) in [6.07, 6.45) is -4.77. The number of halogens is 3. The molecular formula is C19H15F3N6OS. The molecule has 154 valence electrons. The minimum Gasteiger partial charge on any atom is -0.406 e. The summed E-state index contributed by atoms with van der Waals surface area (Å²) in [5.74, 6) is 11.2. The molecule has 0 saturated heterocycles. The zero-order chi connectivity index (χ0) is 21.3. The lowest BCUT2D eigenvalue weighted by molar-refractivity contribution is -0.274. The monoisotopic (exact) mass is 432 g/mol. The van der Waals surface area contributed by atoms with Gasteiger partial charge in [0, 0.05) is 32.8 Å². The van der Waals surface area contributed by atoms with Crippen molar-refractivity contribution in [3.05, 3.63) is 59.5 Å². The van der Waals surface area contributed by atoms with Gasteiger partial charge in [0.05, 0.1) is 5.52 Å². The van der Waals surface area contributed by atoms with Gasteiger partial charge in [0.25, 0.3) is 0 Å². The number of nitrogens with zero attached hydrogens (tertiary/aromatic N) is 2. The summed E-state index contributed by atoms with van der Waals surface area (Å²) < 4.78 is 42.5. The second kappa shape index (κ2) is 7.69. The Bertz CT molecular complexity index is 1250. The van der Waals surface area contributed by atoms with Crippen LogP contribution in [-0.4, -0.2) is 17.2 Å². The van der Waals surface area contributed by atoms with E-state index in [1.807, 2.05) is 23.6 Å². The topological polar surface area (TPSA) is 111 Å². The number of hydrazone groups is 1. The Labute approximate surface area is 172 Å². The maximum Gasteiger partial charge on any atom is 0.573 e. The molecule has 0 aliphatic heterocycles. The van der Waals surface area contributed by atoms with E-state index in [4.69, 9.17) is 11.7 Å². The van der Waals surface area contributed by atoms with E-state index in [1.54, 1.807) is 12.1 Å². The smallest absolute Gasteiger partial charge is 0.406 e. The fourth-order valence-electron chi connectivity index (χ4n) is 3.05. The van der Waals surface area contributed by atoms with E-state index in [0.717, 1.165) is 15.5 Å². The van der Waals surface area contributed by atoms with Gasteiger partial charge in [-0.05, 0) is 29.6 Å². The van der Waals surface area contributed by atoms with Gasteiger partial charge in [-0.1, -0.05) is 18.2 Å². The highest BCUT2D eigenvalue weighted by atomic mass is 32.1. The van der Waals surface area contributed by atoms with Crippen LogP contribution in [0.2, 0.25) is 0 Å². The van der Waals surface area contributed by atoms with Crippen LogP contribution in [0.5, 0.6) is 5.75 Å². The highest BCUT2D eigenvalue weighted by Gasteiger charge is 2.31. The zero-order valence-corrected chi connectivity index (χ0v) is 16.0. The number of rotatable bonds is 4. The van der Waals surface area contributed by atoms with Crippen molar-refractivity contribution in [2.45, 2.75) is 6.36 Å². The molecule has 11 heteroatoms. The first kappa shape index (κ1) is 19.7. The summed E-state index contributed by atoms with van der Waals surface area (Å²) in [6.45, 7) is 0. The molecule has 7 nitrogen and oxygen atoms in total. The molecule has 0 fully saturated rings. The molecule has 0 atom stereocenters. The average Bonchev–Trinajstić information content (AvgIpc) is 3.18. The molecule has 2 aromatic carbocycles. The third kappa shape index (κ3) is 3.93. The molecule has 0 saturated carbocycles. The number of amidine groups is 1. The van der Waals surface area contributed by atoms with E-state index in [0.29, 0.717) is 22.6 Å². The molecule has 0 unspecified atom stereocenters. The normalized spacial score (nSPS) is 12.3. The lowest BCUT2D eigenvalue weighted by Crippen LogP contribution is -2.32. The van der Waals surface area contributed by atoms with E-state index in [1.165, 1.54) is 29.5 Å². The lowest BCUT2D eigenvalue weighted by atomic mass is 10.1. The molecule has 0 spiro atoms. The van der Waals surface area contributed by atoms with Gasteiger partial charge in [0.1, 0.15) is 11.6 Å². The van der Waals surface area contributed by atoms with Gasteiger partial charge in [-0.25, -0.2) is 10.8 Å². The third-order valence-corrected chi connectivity index (χ3v) is 5.21.